The van der Waals surface area contributed by atoms with E-state index in [4.69, 9.17) is 11.6 Å². The zero-order valence-corrected chi connectivity index (χ0v) is 12.5. The Morgan fingerprint density at radius 1 is 1.00 bits per heavy atom. The minimum absolute atomic E-state index is 0.442. The fourth-order valence-corrected chi connectivity index (χ4v) is 2.85. The molecule has 0 aromatic heterocycles. The van der Waals surface area contributed by atoms with Crippen molar-refractivity contribution in [3.63, 3.8) is 0 Å². The Balaban J connectivity index is 1.82. The summed E-state index contributed by atoms with van der Waals surface area (Å²) in [6.45, 7) is 0. The van der Waals surface area contributed by atoms with Gasteiger partial charge in [-0.1, -0.05) is 70.0 Å². The highest BCUT2D eigenvalue weighted by molar-refractivity contribution is 9.09. The van der Waals surface area contributed by atoms with Crippen molar-refractivity contribution < 1.29 is 0 Å². The molecule has 2 rings (SSSR count). The zero-order chi connectivity index (χ0) is 12.8. The van der Waals surface area contributed by atoms with E-state index in [9.17, 15) is 0 Å². The lowest BCUT2D eigenvalue weighted by Crippen LogP contribution is -1.92. The van der Waals surface area contributed by atoms with Gasteiger partial charge in [0.15, 0.2) is 0 Å². The van der Waals surface area contributed by atoms with Crippen LogP contribution in [0, 0.1) is 0 Å². The van der Waals surface area contributed by atoms with Crippen LogP contribution in [0.3, 0.4) is 0 Å². The van der Waals surface area contributed by atoms with Gasteiger partial charge in [0.2, 0.25) is 0 Å². The second-order valence-corrected chi connectivity index (χ2v) is 5.94. The van der Waals surface area contributed by atoms with Crippen molar-refractivity contribution in [2.75, 3.05) is 0 Å². The molecule has 18 heavy (non-hydrogen) atoms. The van der Waals surface area contributed by atoms with Crippen LogP contribution in [-0.2, 0) is 6.42 Å². The van der Waals surface area contributed by atoms with Gasteiger partial charge < -0.3 is 0 Å². The molecule has 0 radical (unpaired) electrons. The van der Waals surface area contributed by atoms with Gasteiger partial charge >= 0.3 is 0 Å². The molecule has 1 atom stereocenters. The maximum absolute atomic E-state index is 5.97. The molecule has 94 valence electrons. The Morgan fingerprint density at radius 3 is 2.50 bits per heavy atom. The maximum Gasteiger partial charge on any atom is 0.0408 e. The Labute approximate surface area is 122 Å². The number of rotatable bonds is 5. The predicted octanol–water partition coefficient (Wildman–Crippen LogP) is 5.80. The summed E-state index contributed by atoms with van der Waals surface area (Å²) in [5, 5.41) is 0.825. The fraction of sp³-hybridized carbons (Fsp3) is 0.250. The molecule has 2 aromatic carbocycles. The van der Waals surface area contributed by atoms with Gasteiger partial charge in [-0.2, -0.15) is 0 Å². The van der Waals surface area contributed by atoms with Gasteiger partial charge in [-0.25, -0.2) is 0 Å². The van der Waals surface area contributed by atoms with E-state index in [1.807, 2.05) is 18.2 Å². The highest BCUT2D eigenvalue weighted by atomic mass is 79.9. The van der Waals surface area contributed by atoms with Crippen LogP contribution < -0.4 is 0 Å². The topological polar surface area (TPSA) is 0 Å². The summed E-state index contributed by atoms with van der Waals surface area (Å²) in [4.78, 5) is 0.442. The van der Waals surface area contributed by atoms with Crippen molar-refractivity contribution in [1.29, 1.82) is 0 Å². The summed E-state index contributed by atoms with van der Waals surface area (Å²) in [7, 11) is 0. The molecular weight excluding hydrogens is 308 g/mol. The standard InChI is InChI=1S/C16H16BrCl/c17-16(14-8-2-1-3-9-14)11-5-7-13-6-4-10-15(18)12-13/h1-4,6,8-10,12,16H,5,7,11H2. The zero-order valence-electron chi connectivity index (χ0n) is 10.2. The van der Waals surface area contributed by atoms with Crippen LogP contribution in [0.5, 0.6) is 0 Å². The molecule has 0 spiro atoms. The van der Waals surface area contributed by atoms with Crippen LogP contribution >= 0.6 is 27.5 Å². The van der Waals surface area contributed by atoms with Crippen molar-refractivity contribution >= 4 is 27.5 Å². The molecule has 0 saturated heterocycles. The molecule has 0 nitrogen and oxygen atoms in total. The molecule has 0 aliphatic rings. The highest BCUT2D eigenvalue weighted by Crippen LogP contribution is 2.28. The number of hydrogen-bond acceptors (Lipinski definition) is 0. The van der Waals surface area contributed by atoms with E-state index in [-0.39, 0.29) is 0 Å². The van der Waals surface area contributed by atoms with Crippen molar-refractivity contribution in [2.45, 2.75) is 24.1 Å². The Hall–Kier alpha value is -0.790. The van der Waals surface area contributed by atoms with E-state index in [1.165, 1.54) is 11.1 Å². The molecular formula is C16H16BrCl. The first kappa shape index (κ1) is 13.6. The maximum atomic E-state index is 5.97. The third-order valence-corrected chi connectivity index (χ3v) is 4.19. The lowest BCUT2D eigenvalue weighted by Gasteiger charge is -2.10. The summed E-state index contributed by atoms with van der Waals surface area (Å²) in [5.41, 5.74) is 2.67. The van der Waals surface area contributed by atoms with Gasteiger partial charge in [0.25, 0.3) is 0 Å². The van der Waals surface area contributed by atoms with E-state index in [1.54, 1.807) is 0 Å². The molecule has 0 fully saturated rings. The minimum Gasteiger partial charge on any atom is -0.0843 e. The molecule has 0 saturated carbocycles. The SMILES string of the molecule is Clc1cccc(CCCC(Br)c2ccccc2)c1. The minimum atomic E-state index is 0.442. The van der Waals surface area contributed by atoms with Gasteiger partial charge in [-0.3, -0.25) is 0 Å². The second kappa shape index (κ2) is 6.96. The van der Waals surface area contributed by atoms with E-state index < -0.39 is 0 Å². The van der Waals surface area contributed by atoms with E-state index in [2.05, 4.69) is 52.3 Å². The molecule has 0 N–H and O–H groups in total. The Bertz CT molecular complexity index is 481. The summed E-state index contributed by atoms with van der Waals surface area (Å²) < 4.78 is 0. The van der Waals surface area contributed by atoms with Gasteiger partial charge in [0.05, 0.1) is 0 Å². The van der Waals surface area contributed by atoms with Crippen molar-refractivity contribution in [2.24, 2.45) is 0 Å². The summed E-state index contributed by atoms with van der Waals surface area (Å²) in [6.07, 6.45) is 3.37. The highest BCUT2D eigenvalue weighted by Gasteiger charge is 2.06. The Morgan fingerprint density at radius 2 is 1.78 bits per heavy atom. The van der Waals surface area contributed by atoms with Gasteiger partial charge in [-0.15, -0.1) is 0 Å². The van der Waals surface area contributed by atoms with Crippen molar-refractivity contribution in [3.8, 4) is 0 Å². The molecule has 2 heteroatoms. The number of halogens is 2. The third kappa shape index (κ3) is 4.15. The first-order chi connectivity index (χ1) is 8.75. The van der Waals surface area contributed by atoms with Crippen molar-refractivity contribution in [1.82, 2.24) is 0 Å². The first-order valence-corrected chi connectivity index (χ1v) is 7.48. The Kier molecular flexibility index (Phi) is 5.27. The molecule has 0 aliphatic carbocycles. The first-order valence-electron chi connectivity index (χ1n) is 6.19. The van der Waals surface area contributed by atoms with E-state index in [0.29, 0.717) is 4.83 Å². The quantitative estimate of drug-likeness (QED) is 0.610. The third-order valence-electron chi connectivity index (χ3n) is 2.97. The van der Waals surface area contributed by atoms with Crippen LogP contribution in [0.2, 0.25) is 5.02 Å². The number of benzene rings is 2. The van der Waals surface area contributed by atoms with Crippen LogP contribution in [0.4, 0.5) is 0 Å². The number of hydrogen-bond donors (Lipinski definition) is 0. The predicted molar refractivity (Wildman–Crippen MR) is 82.5 cm³/mol. The lowest BCUT2D eigenvalue weighted by molar-refractivity contribution is 0.729. The van der Waals surface area contributed by atoms with Gasteiger partial charge in [0, 0.05) is 9.85 Å². The van der Waals surface area contributed by atoms with E-state index >= 15 is 0 Å². The smallest absolute Gasteiger partial charge is 0.0408 e. The van der Waals surface area contributed by atoms with E-state index in [0.717, 1.165) is 24.3 Å². The normalized spacial score (nSPS) is 12.3. The molecule has 0 amide bonds. The van der Waals surface area contributed by atoms with Crippen LogP contribution in [0.1, 0.15) is 28.8 Å². The van der Waals surface area contributed by atoms with Crippen molar-refractivity contribution in [3.05, 3.63) is 70.7 Å². The average molecular weight is 324 g/mol. The monoisotopic (exact) mass is 322 g/mol. The fourth-order valence-electron chi connectivity index (χ4n) is 2.01. The van der Waals surface area contributed by atoms with Crippen LogP contribution in [0.25, 0.3) is 0 Å². The molecule has 0 bridgehead atoms. The summed E-state index contributed by atoms with van der Waals surface area (Å²) >= 11 is 9.72. The summed E-state index contributed by atoms with van der Waals surface area (Å²) in [6, 6.07) is 18.7. The largest absolute Gasteiger partial charge is 0.0843 e. The average Bonchev–Trinajstić information content (AvgIpc) is 2.40. The van der Waals surface area contributed by atoms with Gasteiger partial charge in [-0.05, 0) is 42.5 Å². The second-order valence-electron chi connectivity index (χ2n) is 4.40. The molecule has 0 aliphatic heterocycles. The summed E-state index contributed by atoms with van der Waals surface area (Å²) in [5.74, 6) is 0. The molecule has 0 heterocycles. The van der Waals surface area contributed by atoms with Gasteiger partial charge in [0.1, 0.15) is 0 Å². The lowest BCUT2D eigenvalue weighted by atomic mass is 10.0. The molecule has 2 aromatic rings. The number of alkyl halides is 1. The molecule has 1 unspecified atom stereocenters. The number of aryl methyl sites for hydroxylation is 1. The van der Waals surface area contributed by atoms with Crippen LogP contribution in [0.15, 0.2) is 54.6 Å². The van der Waals surface area contributed by atoms with Crippen LogP contribution in [-0.4, -0.2) is 0 Å².